The fraction of sp³-hybridized carbons (Fsp3) is 0.696. The van der Waals surface area contributed by atoms with Gasteiger partial charge in [0, 0.05) is 18.9 Å². The van der Waals surface area contributed by atoms with Crippen LogP contribution in [0.2, 0.25) is 0 Å². The zero-order valence-electron chi connectivity index (χ0n) is 16.3. The van der Waals surface area contributed by atoms with Gasteiger partial charge in [-0.15, -0.1) is 0 Å². The quantitative estimate of drug-likeness (QED) is 0.445. The van der Waals surface area contributed by atoms with Gasteiger partial charge in [-0.05, 0) is 49.7 Å². The fourth-order valence-electron chi connectivity index (χ4n) is 3.74. The number of rotatable bonds is 11. The molecule has 0 N–H and O–H groups in total. The standard InChI is InChI=1S/C23H36O2/c1-3-5-7-12-22(23(24)18-21-11-8-9-17-25-21)20-15-13-19(14-16-20)10-6-4-2/h13-16,21-22H,3-12,17-18H2,1-2H3. The number of Topliss-reactive ketones (excluding diaryl/α,β-unsaturated/α-hetero) is 1. The number of benzene rings is 1. The molecule has 1 aliphatic heterocycles. The summed E-state index contributed by atoms with van der Waals surface area (Å²) in [5.74, 6) is 0.432. The molecule has 0 bridgehead atoms. The second kappa shape index (κ2) is 11.5. The first kappa shape index (κ1) is 20.2. The molecule has 0 saturated carbocycles. The minimum absolute atomic E-state index is 0.0531. The zero-order chi connectivity index (χ0) is 17.9. The van der Waals surface area contributed by atoms with Crippen molar-refractivity contribution >= 4 is 5.78 Å². The van der Waals surface area contributed by atoms with Gasteiger partial charge >= 0.3 is 0 Å². The van der Waals surface area contributed by atoms with Crippen LogP contribution in [-0.2, 0) is 16.0 Å². The molecule has 1 aliphatic rings. The van der Waals surface area contributed by atoms with Gasteiger partial charge in [0.05, 0.1) is 6.10 Å². The van der Waals surface area contributed by atoms with E-state index in [-0.39, 0.29) is 12.0 Å². The molecule has 1 heterocycles. The molecule has 1 aromatic rings. The maximum atomic E-state index is 13.0. The second-order valence-electron chi connectivity index (χ2n) is 7.55. The molecule has 2 nitrogen and oxygen atoms in total. The Balaban J connectivity index is 2.01. The Morgan fingerprint density at radius 1 is 1.08 bits per heavy atom. The van der Waals surface area contributed by atoms with Crippen LogP contribution >= 0.6 is 0 Å². The summed E-state index contributed by atoms with van der Waals surface area (Å²) in [7, 11) is 0. The molecule has 1 aromatic carbocycles. The molecule has 1 fully saturated rings. The Labute approximate surface area is 154 Å². The SMILES string of the molecule is CCCCCC(C(=O)CC1CCCCO1)c1ccc(CCCC)cc1. The van der Waals surface area contributed by atoms with E-state index in [4.69, 9.17) is 4.74 Å². The molecular weight excluding hydrogens is 308 g/mol. The van der Waals surface area contributed by atoms with Gasteiger partial charge in [0.1, 0.15) is 5.78 Å². The summed E-state index contributed by atoms with van der Waals surface area (Å²) in [5.41, 5.74) is 2.60. The first-order valence-corrected chi connectivity index (χ1v) is 10.5. The predicted molar refractivity (Wildman–Crippen MR) is 105 cm³/mol. The van der Waals surface area contributed by atoms with Crippen LogP contribution in [0.5, 0.6) is 0 Å². The van der Waals surface area contributed by atoms with E-state index in [1.54, 1.807) is 0 Å². The molecule has 2 rings (SSSR count). The number of ketones is 1. The zero-order valence-corrected chi connectivity index (χ0v) is 16.3. The Kier molecular flexibility index (Phi) is 9.25. The van der Waals surface area contributed by atoms with Crippen LogP contribution in [-0.4, -0.2) is 18.5 Å². The van der Waals surface area contributed by atoms with E-state index in [0.29, 0.717) is 12.2 Å². The molecule has 25 heavy (non-hydrogen) atoms. The van der Waals surface area contributed by atoms with Crippen molar-refractivity contribution in [2.45, 2.75) is 96.5 Å². The third-order valence-corrected chi connectivity index (χ3v) is 5.39. The smallest absolute Gasteiger partial charge is 0.142 e. The Morgan fingerprint density at radius 3 is 2.48 bits per heavy atom. The molecule has 140 valence electrons. The first-order chi connectivity index (χ1) is 12.2. The number of ether oxygens (including phenoxy) is 1. The molecule has 1 saturated heterocycles. The van der Waals surface area contributed by atoms with E-state index in [2.05, 4.69) is 38.1 Å². The lowest BCUT2D eigenvalue weighted by molar-refractivity contribution is -0.124. The highest BCUT2D eigenvalue weighted by atomic mass is 16.5. The lowest BCUT2D eigenvalue weighted by atomic mass is 9.86. The summed E-state index contributed by atoms with van der Waals surface area (Å²) in [4.78, 5) is 13.0. The Bertz CT molecular complexity index is 485. The van der Waals surface area contributed by atoms with Gasteiger partial charge in [-0.2, -0.15) is 0 Å². The number of hydrogen-bond acceptors (Lipinski definition) is 2. The number of aryl methyl sites for hydroxylation is 1. The highest BCUT2D eigenvalue weighted by Gasteiger charge is 2.25. The molecule has 2 atom stereocenters. The monoisotopic (exact) mass is 344 g/mol. The number of unbranched alkanes of at least 4 members (excludes halogenated alkanes) is 3. The van der Waals surface area contributed by atoms with Crippen LogP contribution in [0.4, 0.5) is 0 Å². The Hall–Kier alpha value is -1.15. The third kappa shape index (κ3) is 6.93. The molecule has 2 heteroatoms. The van der Waals surface area contributed by atoms with Crippen LogP contribution in [0.1, 0.15) is 95.1 Å². The van der Waals surface area contributed by atoms with Crippen molar-refractivity contribution in [3.63, 3.8) is 0 Å². The normalized spacial score (nSPS) is 18.9. The van der Waals surface area contributed by atoms with Crippen LogP contribution in [0, 0.1) is 0 Å². The van der Waals surface area contributed by atoms with Crippen LogP contribution < -0.4 is 0 Å². The van der Waals surface area contributed by atoms with Crippen molar-refractivity contribution in [2.75, 3.05) is 6.61 Å². The van der Waals surface area contributed by atoms with Crippen molar-refractivity contribution in [2.24, 2.45) is 0 Å². The lowest BCUT2D eigenvalue weighted by Gasteiger charge is -2.24. The van der Waals surface area contributed by atoms with Gasteiger partial charge < -0.3 is 4.74 Å². The molecule has 0 amide bonds. The summed E-state index contributed by atoms with van der Waals surface area (Å²) >= 11 is 0. The summed E-state index contributed by atoms with van der Waals surface area (Å²) in [6.45, 7) is 5.27. The average molecular weight is 345 g/mol. The largest absolute Gasteiger partial charge is 0.378 e. The lowest BCUT2D eigenvalue weighted by Crippen LogP contribution is -2.25. The minimum atomic E-state index is 0.0531. The summed E-state index contributed by atoms with van der Waals surface area (Å²) in [5, 5.41) is 0. The summed E-state index contributed by atoms with van der Waals surface area (Å²) < 4.78 is 5.80. The molecule has 0 radical (unpaired) electrons. The van der Waals surface area contributed by atoms with Crippen LogP contribution in [0.25, 0.3) is 0 Å². The van der Waals surface area contributed by atoms with E-state index < -0.39 is 0 Å². The van der Waals surface area contributed by atoms with Crippen molar-refractivity contribution in [1.29, 1.82) is 0 Å². The predicted octanol–water partition coefficient (Wildman–Crippen LogP) is 6.22. The van der Waals surface area contributed by atoms with Crippen LogP contribution in [0.3, 0.4) is 0 Å². The highest BCUT2D eigenvalue weighted by molar-refractivity contribution is 5.86. The molecule has 0 aliphatic carbocycles. The highest BCUT2D eigenvalue weighted by Crippen LogP contribution is 2.28. The van der Waals surface area contributed by atoms with Crippen molar-refractivity contribution in [3.8, 4) is 0 Å². The van der Waals surface area contributed by atoms with Gasteiger partial charge in [-0.3, -0.25) is 4.79 Å². The number of hydrogen-bond donors (Lipinski definition) is 0. The van der Waals surface area contributed by atoms with E-state index in [9.17, 15) is 4.79 Å². The number of carbonyl (C=O) groups is 1. The first-order valence-electron chi connectivity index (χ1n) is 10.5. The van der Waals surface area contributed by atoms with Crippen molar-refractivity contribution < 1.29 is 9.53 Å². The van der Waals surface area contributed by atoms with E-state index in [1.165, 1.54) is 43.2 Å². The molecule has 2 unspecified atom stereocenters. The maximum Gasteiger partial charge on any atom is 0.142 e. The van der Waals surface area contributed by atoms with E-state index >= 15 is 0 Å². The maximum absolute atomic E-state index is 13.0. The van der Waals surface area contributed by atoms with Gasteiger partial charge in [0.25, 0.3) is 0 Å². The molecule has 0 aromatic heterocycles. The van der Waals surface area contributed by atoms with E-state index in [1.807, 2.05) is 0 Å². The van der Waals surface area contributed by atoms with E-state index in [0.717, 1.165) is 38.7 Å². The summed E-state index contributed by atoms with van der Waals surface area (Å²) in [6, 6.07) is 8.84. The number of carbonyl (C=O) groups excluding carboxylic acids is 1. The van der Waals surface area contributed by atoms with Gasteiger partial charge in [-0.25, -0.2) is 0 Å². The van der Waals surface area contributed by atoms with Crippen molar-refractivity contribution in [3.05, 3.63) is 35.4 Å². The molecular formula is C23H36O2. The third-order valence-electron chi connectivity index (χ3n) is 5.39. The van der Waals surface area contributed by atoms with Gasteiger partial charge in [0.15, 0.2) is 0 Å². The summed E-state index contributed by atoms with van der Waals surface area (Å²) in [6.07, 6.45) is 12.2. The average Bonchev–Trinajstić information content (AvgIpc) is 2.65. The molecule has 0 spiro atoms. The topological polar surface area (TPSA) is 26.3 Å². The van der Waals surface area contributed by atoms with Crippen molar-refractivity contribution in [1.82, 2.24) is 0 Å². The Morgan fingerprint density at radius 2 is 1.84 bits per heavy atom. The minimum Gasteiger partial charge on any atom is -0.378 e. The van der Waals surface area contributed by atoms with Gasteiger partial charge in [0.2, 0.25) is 0 Å². The fourth-order valence-corrected chi connectivity index (χ4v) is 3.74. The second-order valence-corrected chi connectivity index (χ2v) is 7.55. The van der Waals surface area contributed by atoms with Gasteiger partial charge in [-0.1, -0.05) is 63.8 Å². The van der Waals surface area contributed by atoms with Crippen LogP contribution in [0.15, 0.2) is 24.3 Å².